The summed E-state index contributed by atoms with van der Waals surface area (Å²) in [5, 5.41) is 3.35. The van der Waals surface area contributed by atoms with E-state index in [9.17, 15) is 13.2 Å². The lowest BCUT2D eigenvalue weighted by molar-refractivity contribution is -0.137. The Morgan fingerprint density at radius 2 is 1.93 bits per heavy atom. The highest BCUT2D eigenvalue weighted by atomic mass is 28.3. The first-order valence-electron chi connectivity index (χ1n) is 10.2. The number of hydrogen-bond acceptors (Lipinski definition) is 3. The molecule has 0 bridgehead atoms. The number of alkyl halides is 3. The summed E-state index contributed by atoms with van der Waals surface area (Å²) in [5.74, 6) is 1.20. The molecule has 1 N–H and O–H groups in total. The highest BCUT2D eigenvalue weighted by Crippen LogP contribution is 2.34. The maximum Gasteiger partial charge on any atom is 0.416 e. The van der Waals surface area contributed by atoms with Gasteiger partial charge in [-0.1, -0.05) is 31.8 Å². The Morgan fingerprint density at radius 3 is 2.59 bits per heavy atom. The van der Waals surface area contributed by atoms with Crippen molar-refractivity contribution in [1.29, 1.82) is 0 Å². The summed E-state index contributed by atoms with van der Waals surface area (Å²) in [7, 11) is -1.21. The Kier molecular flexibility index (Phi) is 6.85. The molecule has 4 nitrogen and oxygen atoms in total. The van der Waals surface area contributed by atoms with Crippen LogP contribution in [0.4, 0.5) is 13.2 Å². The van der Waals surface area contributed by atoms with E-state index in [1.807, 2.05) is 4.57 Å². The fourth-order valence-electron chi connectivity index (χ4n) is 3.55. The maximum absolute atomic E-state index is 13.2. The molecule has 0 saturated carbocycles. The number of halogens is 3. The molecule has 160 valence electrons. The van der Waals surface area contributed by atoms with E-state index >= 15 is 0 Å². The van der Waals surface area contributed by atoms with Gasteiger partial charge < -0.3 is 14.6 Å². The van der Waals surface area contributed by atoms with E-state index in [0.717, 1.165) is 43.9 Å². The quantitative estimate of drug-likeness (QED) is 0.480. The molecule has 1 aliphatic heterocycles. The topological polar surface area (TPSA) is 39.1 Å². The third kappa shape index (κ3) is 5.93. The second-order valence-electron chi connectivity index (χ2n) is 8.88. The van der Waals surface area contributed by atoms with Crippen molar-refractivity contribution in [1.82, 2.24) is 14.9 Å². The number of nitrogens with zero attached hydrogens (tertiary/aromatic N) is 2. The minimum Gasteiger partial charge on any atom is -0.361 e. The lowest BCUT2D eigenvalue weighted by atomic mass is 9.97. The fourth-order valence-corrected chi connectivity index (χ4v) is 4.31. The van der Waals surface area contributed by atoms with Crippen molar-refractivity contribution in [3.8, 4) is 11.3 Å². The van der Waals surface area contributed by atoms with Crippen LogP contribution in [0.3, 0.4) is 0 Å². The molecule has 3 rings (SSSR count). The van der Waals surface area contributed by atoms with Crippen molar-refractivity contribution in [2.45, 2.75) is 57.4 Å². The normalized spacial score (nSPS) is 16.3. The lowest BCUT2D eigenvalue weighted by Gasteiger charge is -2.24. The van der Waals surface area contributed by atoms with Gasteiger partial charge in [-0.25, -0.2) is 4.98 Å². The van der Waals surface area contributed by atoms with Gasteiger partial charge in [-0.15, -0.1) is 0 Å². The molecule has 2 heterocycles. The summed E-state index contributed by atoms with van der Waals surface area (Å²) in [6.45, 7) is 9.70. The van der Waals surface area contributed by atoms with Crippen LogP contribution in [0.25, 0.3) is 11.3 Å². The van der Waals surface area contributed by atoms with Crippen LogP contribution in [-0.4, -0.2) is 37.3 Å². The third-order valence-electron chi connectivity index (χ3n) is 5.29. The molecule has 1 fully saturated rings. The SMILES string of the molecule is C[Si](C)(C)CCOCn1c(-c2cccc(C(F)(F)F)c2)cnc1C1CCNCC1. The Balaban J connectivity index is 1.89. The van der Waals surface area contributed by atoms with Crippen molar-refractivity contribution in [2.75, 3.05) is 19.7 Å². The molecule has 1 aromatic heterocycles. The summed E-state index contributed by atoms with van der Waals surface area (Å²) in [6.07, 6.45) is -0.747. The molecule has 0 atom stereocenters. The maximum atomic E-state index is 13.2. The van der Waals surface area contributed by atoms with Gasteiger partial charge in [-0.05, 0) is 44.1 Å². The van der Waals surface area contributed by atoms with Crippen molar-refractivity contribution < 1.29 is 17.9 Å². The zero-order chi connectivity index (χ0) is 21.1. The van der Waals surface area contributed by atoms with E-state index < -0.39 is 19.8 Å². The molecular weight excluding hydrogens is 395 g/mol. The van der Waals surface area contributed by atoms with Crippen LogP contribution in [0.1, 0.15) is 30.1 Å². The molecule has 1 aromatic carbocycles. The molecule has 0 radical (unpaired) electrons. The fraction of sp³-hybridized carbons (Fsp3) is 0.571. The number of rotatable bonds is 7. The smallest absolute Gasteiger partial charge is 0.361 e. The van der Waals surface area contributed by atoms with E-state index in [-0.39, 0.29) is 5.92 Å². The first-order valence-corrected chi connectivity index (χ1v) is 13.9. The van der Waals surface area contributed by atoms with Crippen molar-refractivity contribution in [3.63, 3.8) is 0 Å². The summed E-state index contributed by atoms with van der Waals surface area (Å²) in [4.78, 5) is 4.62. The summed E-state index contributed by atoms with van der Waals surface area (Å²) in [6, 6.07) is 6.50. The van der Waals surface area contributed by atoms with Gasteiger partial charge in [0.05, 0.1) is 17.5 Å². The van der Waals surface area contributed by atoms with Gasteiger partial charge in [-0.3, -0.25) is 0 Å². The Labute approximate surface area is 171 Å². The average molecular weight is 426 g/mol. The summed E-state index contributed by atoms with van der Waals surface area (Å²) < 4.78 is 47.5. The average Bonchev–Trinajstić information content (AvgIpc) is 3.08. The second kappa shape index (κ2) is 9.02. The molecule has 1 aliphatic rings. The standard InChI is InChI=1S/C21H30F3N3OSi/c1-29(2,3)12-11-28-15-27-19(14-26-20(27)16-7-9-25-10-8-16)17-5-4-6-18(13-17)21(22,23)24/h4-6,13-14,16,25H,7-12,15H2,1-3H3. The van der Waals surface area contributed by atoms with Crippen LogP contribution < -0.4 is 5.32 Å². The predicted octanol–water partition coefficient (Wildman–Crippen LogP) is 5.35. The van der Waals surface area contributed by atoms with Crippen LogP contribution in [-0.2, 0) is 17.6 Å². The number of piperidine rings is 1. The third-order valence-corrected chi connectivity index (χ3v) is 7.00. The molecule has 1 saturated heterocycles. The van der Waals surface area contributed by atoms with Crippen LogP contribution >= 0.6 is 0 Å². The molecular formula is C21H30F3N3OSi. The van der Waals surface area contributed by atoms with Crippen molar-refractivity contribution in [2.24, 2.45) is 0 Å². The van der Waals surface area contributed by atoms with E-state index in [2.05, 4.69) is 29.9 Å². The van der Waals surface area contributed by atoms with E-state index in [4.69, 9.17) is 4.74 Å². The summed E-state index contributed by atoms with van der Waals surface area (Å²) >= 11 is 0. The molecule has 2 aromatic rings. The van der Waals surface area contributed by atoms with Gasteiger partial charge in [0.1, 0.15) is 12.6 Å². The van der Waals surface area contributed by atoms with Gasteiger partial charge in [0.15, 0.2) is 0 Å². The molecule has 29 heavy (non-hydrogen) atoms. The first-order chi connectivity index (χ1) is 13.6. The van der Waals surface area contributed by atoms with Crippen LogP contribution in [0.15, 0.2) is 30.5 Å². The lowest BCUT2D eigenvalue weighted by Crippen LogP contribution is -2.28. The number of nitrogens with one attached hydrogen (secondary N) is 1. The Morgan fingerprint density at radius 1 is 1.21 bits per heavy atom. The predicted molar refractivity (Wildman–Crippen MR) is 112 cm³/mol. The molecule has 0 unspecified atom stereocenters. The van der Waals surface area contributed by atoms with E-state index in [1.54, 1.807) is 12.3 Å². The number of aromatic nitrogens is 2. The molecule has 0 aliphatic carbocycles. The Bertz CT molecular complexity index is 808. The van der Waals surface area contributed by atoms with Gasteiger partial charge in [0, 0.05) is 26.2 Å². The van der Waals surface area contributed by atoms with E-state index in [1.165, 1.54) is 12.1 Å². The Hall–Kier alpha value is -1.64. The monoisotopic (exact) mass is 425 g/mol. The number of benzene rings is 1. The zero-order valence-corrected chi connectivity index (χ0v) is 18.4. The zero-order valence-electron chi connectivity index (χ0n) is 17.4. The van der Waals surface area contributed by atoms with Crippen LogP contribution in [0.5, 0.6) is 0 Å². The highest BCUT2D eigenvalue weighted by Gasteiger charge is 2.31. The first kappa shape index (κ1) is 22.1. The largest absolute Gasteiger partial charge is 0.416 e. The summed E-state index contributed by atoms with van der Waals surface area (Å²) in [5.41, 5.74) is 0.546. The number of imidazole rings is 1. The molecule has 0 spiro atoms. The number of hydrogen-bond donors (Lipinski definition) is 1. The number of ether oxygens (including phenoxy) is 1. The van der Waals surface area contributed by atoms with Crippen molar-refractivity contribution >= 4 is 8.07 Å². The molecule has 8 heteroatoms. The highest BCUT2D eigenvalue weighted by molar-refractivity contribution is 6.76. The van der Waals surface area contributed by atoms with Gasteiger partial charge in [-0.2, -0.15) is 13.2 Å². The van der Waals surface area contributed by atoms with E-state index in [0.29, 0.717) is 24.6 Å². The second-order valence-corrected chi connectivity index (χ2v) is 14.5. The minimum absolute atomic E-state index is 0.288. The van der Waals surface area contributed by atoms with Crippen molar-refractivity contribution in [3.05, 3.63) is 41.9 Å². The molecule has 0 amide bonds. The van der Waals surface area contributed by atoms with Crippen LogP contribution in [0, 0.1) is 0 Å². The van der Waals surface area contributed by atoms with Gasteiger partial charge in [0.25, 0.3) is 0 Å². The minimum atomic E-state index is -4.37. The van der Waals surface area contributed by atoms with Crippen LogP contribution in [0.2, 0.25) is 25.7 Å². The van der Waals surface area contributed by atoms with Gasteiger partial charge in [0.2, 0.25) is 0 Å². The van der Waals surface area contributed by atoms with Gasteiger partial charge >= 0.3 is 6.18 Å².